The number of benzene rings is 2. The van der Waals surface area contributed by atoms with Crippen molar-refractivity contribution in [1.29, 1.82) is 0 Å². The highest BCUT2D eigenvalue weighted by Gasteiger charge is 2.16. The number of carbonyl (C=O) groups excluding carboxylic acids is 1. The average Bonchev–Trinajstić information content (AvgIpc) is 2.52. The number of hydrogen-bond donors (Lipinski definition) is 1. The van der Waals surface area contributed by atoms with Gasteiger partial charge in [-0.1, -0.05) is 17.7 Å². The molecule has 0 saturated heterocycles. The molecule has 1 N–H and O–H groups in total. The highest BCUT2D eigenvalue weighted by atomic mass is 35.5. The number of anilines is 1. The Morgan fingerprint density at radius 3 is 2.48 bits per heavy atom. The van der Waals surface area contributed by atoms with Gasteiger partial charge in [-0.3, -0.25) is 4.79 Å². The third kappa shape index (κ3) is 4.66. The van der Waals surface area contributed by atoms with Crippen LogP contribution in [0.25, 0.3) is 0 Å². The summed E-state index contributed by atoms with van der Waals surface area (Å²) >= 11 is 7.78. The second-order valence-electron chi connectivity index (χ2n) is 5.35. The molecular weight excluding hydrogens is 330 g/mol. The molecule has 2 aromatic carbocycles. The zero-order chi connectivity index (χ0) is 17.0. The molecule has 0 aliphatic heterocycles. The van der Waals surface area contributed by atoms with Crippen LogP contribution in [0, 0.1) is 13.8 Å². The van der Waals surface area contributed by atoms with Crippen LogP contribution in [-0.4, -0.2) is 18.3 Å². The number of hydrogen-bond acceptors (Lipinski definition) is 3. The Hall–Kier alpha value is -1.65. The van der Waals surface area contributed by atoms with E-state index in [9.17, 15) is 4.79 Å². The van der Waals surface area contributed by atoms with Gasteiger partial charge in [0.15, 0.2) is 6.10 Å². The van der Waals surface area contributed by atoms with Gasteiger partial charge in [-0.2, -0.15) is 0 Å². The van der Waals surface area contributed by atoms with Crippen molar-refractivity contribution < 1.29 is 9.53 Å². The van der Waals surface area contributed by atoms with Crippen molar-refractivity contribution in [3.63, 3.8) is 0 Å². The first-order valence-corrected chi connectivity index (χ1v) is 8.89. The molecule has 0 aliphatic rings. The standard InChI is InChI=1S/C18H20ClNO2S/c1-11-8-15(9-12(2)17(11)19)22-13(3)18(21)20-14-6-5-7-16(10-14)23-4/h5-10,13H,1-4H3,(H,20,21)/t13-/m1/s1. The number of nitrogens with one attached hydrogen (secondary N) is 1. The molecule has 0 unspecified atom stereocenters. The van der Waals surface area contributed by atoms with Crippen LogP contribution in [0.3, 0.4) is 0 Å². The molecule has 1 amide bonds. The summed E-state index contributed by atoms with van der Waals surface area (Å²) in [6.45, 7) is 5.56. The van der Waals surface area contributed by atoms with E-state index in [4.69, 9.17) is 16.3 Å². The van der Waals surface area contributed by atoms with E-state index < -0.39 is 6.10 Å². The number of amides is 1. The van der Waals surface area contributed by atoms with Crippen molar-refractivity contribution in [3.8, 4) is 5.75 Å². The lowest BCUT2D eigenvalue weighted by Gasteiger charge is -2.16. The fourth-order valence-electron chi connectivity index (χ4n) is 2.18. The topological polar surface area (TPSA) is 38.3 Å². The van der Waals surface area contributed by atoms with Crippen LogP contribution in [0.5, 0.6) is 5.75 Å². The summed E-state index contributed by atoms with van der Waals surface area (Å²) in [5, 5.41) is 3.60. The molecule has 0 aromatic heterocycles. The van der Waals surface area contributed by atoms with E-state index in [1.54, 1.807) is 18.7 Å². The summed E-state index contributed by atoms with van der Waals surface area (Å²) in [6, 6.07) is 11.4. The van der Waals surface area contributed by atoms with E-state index in [1.165, 1.54) is 0 Å². The zero-order valence-corrected chi connectivity index (χ0v) is 15.2. The Bertz CT molecular complexity index is 695. The molecule has 0 aliphatic carbocycles. The van der Waals surface area contributed by atoms with Gasteiger partial charge in [0.25, 0.3) is 5.91 Å². The lowest BCUT2D eigenvalue weighted by atomic mass is 10.1. The van der Waals surface area contributed by atoms with E-state index >= 15 is 0 Å². The van der Waals surface area contributed by atoms with Gasteiger partial charge >= 0.3 is 0 Å². The Balaban J connectivity index is 2.05. The molecule has 0 fully saturated rings. The fraction of sp³-hybridized carbons (Fsp3) is 0.278. The van der Waals surface area contributed by atoms with Gasteiger partial charge in [-0.25, -0.2) is 0 Å². The van der Waals surface area contributed by atoms with Gasteiger partial charge < -0.3 is 10.1 Å². The summed E-state index contributed by atoms with van der Waals surface area (Å²) in [5.74, 6) is 0.457. The summed E-state index contributed by atoms with van der Waals surface area (Å²) in [7, 11) is 0. The van der Waals surface area contributed by atoms with Gasteiger partial charge in [0.05, 0.1) is 0 Å². The van der Waals surface area contributed by atoms with Crippen molar-refractivity contribution in [2.75, 3.05) is 11.6 Å². The van der Waals surface area contributed by atoms with Crippen LogP contribution in [0.1, 0.15) is 18.1 Å². The van der Waals surface area contributed by atoms with Crippen molar-refractivity contribution in [1.82, 2.24) is 0 Å². The lowest BCUT2D eigenvalue weighted by Crippen LogP contribution is -2.30. The fourth-order valence-corrected chi connectivity index (χ4v) is 2.75. The van der Waals surface area contributed by atoms with E-state index in [0.717, 1.165) is 26.7 Å². The smallest absolute Gasteiger partial charge is 0.265 e. The molecule has 0 saturated carbocycles. The maximum absolute atomic E-state index is 12.3. The summed E-state index contributed by atoms with van der Waals surface area (Å²) in [6.07, 6.45) is 1.39. The number of ether oxygens (including phenoxy) is 1. The Labute approximate surface area is 146 Å². The molecular formula is C18H20ClNO2S. The summed E-state index contributed by atoms with van der Waals surface area (Å²) < 4.78 is 5.75. The predicted molar refractivity (Wildman–Crippen MR) is 97.9 cm³/mol. The van der Waals surface area contributed by atoms with Crippen molar-refractivity contribution in [2.45, 2.75) is 31.8 Å². The molecule has 23 heavy (non-hydrogen) atoms. The van der Waals surface area contributed by atoms with Gasteiger partial charge in [-0.05, 0) is 68.5 Å². The van der Waals surface area contributed by atoms with Crippen LogP contribution < -0.4 is 10.1 Å². The second-order valence-corrected chi connectivity index (χ2v) is 6.61. The minimum Gasteiger partial charge on any atom is -0.481 e. The normalized spacial score (nSPS) is 11.9. The Morgan fingerprint density at radius 1 is 1.22 bits per heavy atom. The van der Waals surface area contributed by atoms with Crippen LogP contribution in [0.4, 0.5) is 5.69 Å². The van der Waals surface area contributed by atoms with Crippen molar-refractivity contribution in [2.24, 2.45) is 0 Å². The first kappa shape index (κ1) is 17.7. The summed E-state index contributed by atoms with van der Waals surface area (Å²) in [4.78, 5) is 13.4. The second kappa shape index (κ2) is 7.75. The van der Waals surface area contributed by atoms with E-state index in [0.29, 0.717) is 5.75 Å². The van der Waals surface area contributed by atoms with Crippen LogP contribution in [0.2, 0.25) is 5.02 Å². The predicted octanol–water partition coefficient (Wildman–Crippen LogP) is 5.08. The minimum absolute atomic E-state index is 0.187. The number of aryl methyl sites for hydroxylation is 2. The molecule has 0 spiro atoms. The van der Waals surface area contributed by atoms with Crippen molar-refractivity contribution in [3.05, 3.63) is 52.5 Å². The molecule has 0 heterocycles. The Kier molecular flexibility index (Phi) is 5.97. The maximum atomic E-state index is 12.3. The quantitative estimate of drug-likeness (QED) is 0.764. The van der Waals surface area contributed by atoms with E-state index in [2.05, 4.69) is 5.32 Å². The molecule has 2 rings (SSSR count). The molecule has 1 atom stereocenters. The largest absolute Gasteiger partial charge is 0.481 e. The third-order valence-corrected chi connectivity index (χ3v) is 4.75. The van der Waals surface area contributed by atoms with Gasteiger partial charge in [0, 0.05) is 15.6 Å². The Morgan fingerprint density at radius 2 is 1.87 bits per heavy atom. The first-order chi connectivity index (χ1) is 10.9. The number of carbonyl (C=O) groups is 1. The van der Waals surface area contributed by atoms with Crippen molar-refractivity contribution >= 4 is 35.0 Å². The molecule has 0 bridgehead atoms. The lowest BCUT2D eigenvalue weighted by molar-refractivity contribution is -0.122. The number of thioether (sulfide) groups is 1. The van der Waals surface area contributed by atoms with Gasteiger partial charge in [-0.15, -0.1) is 11.8 Å². The minimum atomic E-state index is -0.604. The average molecular weight is 350 g/mol. The first-order valence-electron chi connectivity index (χ1n) is 7.29. The number of rotatable bonds is 5. The molecule has 3 nitrogen and oxygen atoms in total. The molecule has 122 valence electrons. The third-order valence-electron chi connectivity index (χ3n) is 3.43. The zero-order valence-electron chi connectivity index (χ0n) is 13.6. The monoisotopic (exact) mass is 349 g/mol. The maximum Gasteiger partial charge on any atom is 0.265 e. The van der Waals surface area contributed by atoms with E-state index in [-0.39, 0.29) is 5.91 Å². The van der Waals surface area contributed by atoms with Gasteiger partial charge in [0.2, 0.25) is 0 Å². The summed E-state index contributed by atoms with van der Waals surface area (Å²) in [5.41, 5.74) is 2.63. The van der Waals surface area contributed by atoms with E-state index in [1.807, 2.05) is 56.5 Å². The number of halogens is 1. The molecule has 2 aromatic rings. The highest BCUT2D eigenvalue weighted by molar-refractivity contribution is 7.98. The molecule has 0 radical (unpaired) electrons. The van der Waals surface area contributed by atoms with Crippen LogP contribution >= 0.6 is 23.4 Å². The SMILES string of the molecule is CSc1cccc(NC(=O)[C@@H](C)Oc2cc(C)c(Cl)c(C)c2)c1. The van der Waals surface area contributed by atoms with Gasteiger partial charge in [0.1, 0.15) is 5.75 Å². The highest BCUT2D eigenvalue weighted by Crippen LogP contribution is 2.26. The van der Waals surface area contributed by atoms with Crippen LogP contribution in [-0.2, 0) is 4.79 Å². The molecule has 5 heteroatoms. The van der Waals surface area contributed by atoms with Crippen LogP contribution in [0.15, 0.2) is 41.3 Å².